The van der Waals surface area contributed by atoms with E-state index in [0.29, 0.717) is 0 Å². The number of hydrogen-bond acceptors (Lipinski definition) is 1. The molecule has 0 heterocycles. The van der Waals surface area contributed by atoms with Gasteiger partial charge in [-0.25, -0.2) is 4.39 Å². The summed E-state index contributed by atoms with van der Waals surface area (Å²) in [5.41, 5.74) is 1.26. The second kappa shape index (κ2) is 5.70. The lowest BCUT2D eigenvalue weighted by Gasteiger charge is -2.27. The zero-order chi connectivity index (χ0) is 13.9. The number of nitrogens with one attached hydrogen (secondary N) is 1. The molecule has 2 rings (SSSR count). The highest BCUT2D eigenvalue weighted by Crippen LogP contribution is 2.33. The third-order valence-corrected chi connectivity index (χ3v) is 3.78. The van der Waals surface area contributed by atoms with E-state index in [2.05, 4.69) is 26.1 Å². The molecule has 0 saturated heterocycles. The zero-order valence-electron chi connectivity index (χ0n) is 12.0. The molecule has 2 heteroatoms. The van der Waals surface area contributed by atoms with E-state index in [9.17, 15) is 4.39 Å². The Kier molecular flexibility index (Phi) is 4.20. The predicted octanol–water partition coefficient (Wildman–Crippen LogP) is 4.26. The van der Waals surface area contributed by atoms with Crippen LogP contribution in [0.25, 0.3) is 10.8 Å². The van der Waals surface area contributed by atoms with E-state index in [1.807, 2.05) is 30.3 Å². The average Bonchev–Trinajstić information content (AvgIpc) is 2.39. The van der Waals surface area contributed by atoms with Gasteiger partial charge in [0, 0.05) is 5.39 Å². The van der Waals surface area contributed by atoms with Gasteiger partial charge in [-0.3, -0.25) is 0 Å². The lowest BCUT2D eigenvalue weighted by atomic mass is 9.79. The van der Waals surface area contributed by atoms with Crippen LogP contribution in [0.15, 0.2) is 36.4 Å². The fourth-order valence-electron chi connectivity index (χ4n) is 2.56. The molecule has 0 amide bonds. The summed E-state index contributed by atoms with van der Waals surface area (Å²) in [6.07, 6.45) is 1.04. The molecule has 0 fully saturated rings. The first-order valence-corrected chi connectivity index (χ1v) is 6.94. The van der Waals surface area contributed by atoms with Crippen LogP contribution in [0.3, 0.4) is 0 Å². The maximum Gasteiger partial charge on any atom is 0.131 e. The van der Waals surface area contributed by atoms with Crippen LogP contribution in [-0.4, -0.2) is 13.1 Å². The van der Waals surface area contributed by atoms with Crippen molar-refractivity contribution in [2.24, 2.45) is 0 Å². The fourth-order valence-corrected chi connectivity index (χ4v) is 2.56. The van der Waals surface area contributed by atoms with Crippen molar-refractivity contribution >= 4 is 10.8 Å². The molecular formula is C17H22FN. The Morgan fingerprint density at radius 3 is 2.42 bits per heavy atom. The molecule has 0 aliphatic carbocycles. The van der Waals surface area contributed by atoms with Gasteiger partial charge in [-0.05, 0) is 41.9 Å². The molecule has 1 nitrogen and oxygen atoms in total. The summed E-state index contributed by atoms with van der Waals surface area (Å²) in [6, 6.07) is 11.3. The van der Waals surface area contributed by atoms with Gasteiger partial charge in [-0.15, -0.1) is 0 Å². The number of halogens is 1. The number of benzene rings is 2. The quantitative estimate of drug-likeness (QED) is 0.791. The Morgan fingerprint density at radius 2 is 1.74 bits per heavy atom. The lowest BCUT2D eigenvalue weighted by Crippen LogP contribution is -2.25. The Hall–Kier alpha value is -1.41. The molecule has 102 valence electrons. The molecule has 0 atom stereocenters. The first-order valence-electron chi connectivity index (χ1n) is 6.94. The average molecular weight is 259 g/mol. The van der Waals surface area contributed by atoms with Crippen molar-refractivity contribution in [1.29, 1.82) is 0 Å². The maximum absolute atomic E-state index is 13.8. The third-order valence-electron chi connectivity index (χ3n) is 3.78. The highest BCUT2D eigenvalue weighted by Gasteiger charge is 2.22. The molecule has 0 unspecified atom stereocenters. The summed E-state index contributed by atoms with van der Waals surface area (Å²) in [5, 5.41) is 5.11. The summed E-state index contributed by atoms with van der Waals surface area (Å²) < 4.78 is 13.8. The van der Waals surface area contributed by atoms with Gasteiger partial charge in [-0.1, -0.05) is 51.1 Å². The van der Waals surface area contributed by atoms with E-state index >= 15 is 0 Å². The predicted molar refractivity (Wildman–Crippen MR) is 80.1 cm³/mol. The van der Waals surface area contributed by atoms with E-state index in [-0.39, 0.29) is 11.2 Å². The fraction of sp³-hybridized carbons (Fsp3) is 0.412. The smallest absolute Gasteiger partial charge is 0.131 e. The monoisotopic (exact) mass is 259 g/mol. The summed E-state index contributed by atoms with van der Waals surface area (Å²) in [6.45, 7) is 8.53. The summed E-state index contributed by atoms with van der Waals surface area (Å²) in [5.74, 6) is -0.137. The summed E-state index contributed by atoms with van der Waals surface area (Å²) >= 11 is 0. The summed E-state index contributed by atoms with van der Waals surface area (Å²) in [7, 11) is 0. The molecule has 2 aromatic rings. The molecule has 0 radical (unpaired) electrons. The van der Waals surface area contributed by atoms with E-state index < -0.39 is 0 Å². The third kappa shape index (κ3) is 2.95. The lowest BCUT2D eigenvalue weighted by molar-refractivity contribution is 0.464. The largest absolute Gasteiger partial charge is 0.317 e. The minimum absolute atomic E-state index is 0.0372. The van der Waals surface area contributed by atoms with Crippen LogP contribution in [-0.2, 0) is 5.41 Å². The Labute approximate surface area is 114 Å². The first-order chi connectivity index (χ1) is 9.06. The highest BCUT2D eigenvalue weighted by atomic mass is 19.1. The SMILES string of the molecule is CCNCCC(C)(C)c1ccc(F)c2ccccc12. The Balaban J connectivity index is 2.41. The highest BCUT2D eigenvalue weighted by molar-refractivity contribution is 5.87. The standard InChI is InChI=1S/C17H22FN/c1-4-19-12-11-17(2,3)15-9-10-16(18)14-8-6-5-7-13(14)15/h5-10,19H,4,11-12H2,1-3H3. The normalized spacial score (nSPS) is 12.0. The van der Waals surface area contributed by atoms with E-state index in [1.54, 1.807) is 6.07 Å². The zero-order valence-corrected chi connectivity index (χ0v) is 12.0. The molecule has 19 heavy (non-hydrogen) atoms. The van der Waals surface area contributed by atoms with E-state index in [1.165, 1.54) is 5.56 Å². The minimum Gasteiger partial charge on any atom is -0.317 e. The van der Waals surface area contributed by atoms with Gasteiger partial charge < -0.3 is 5.32 Å². The Morgan fingerprint density at radius 1 is 1.05 bits per heavy atom. The van der Waals surface area contributed by atoms with Gasteiger partial charge in [0.1, 0.15) is 5.82 Å². The molecule has 0 aliphatic heterocycles. The minimum atomic E-state index is -0.137. The van der Waals surface area contributed by atoms with Crippen LogP contribution in [0.4, 0.5) is 4.39 Å². The molecule has 0 spiro atoms. The van der Waals surface area contributed by atoms with Crippen LogP contribution in [0.5, 0.6) is 0 Å². The van der Waals surface area contributed by atoms with Crippen molar-refractivity contribution in [3.8, 4) is 0 Å². The van der Waals surface area contributed by atoms with Crippen LogP contribution in [0.1, 0.15) is 32.8 Å². The molecule has 1 N–H and O–H groups in total. The number of hydrogen-bond donors (Lipinski definition) is 1. The number of rotatable bonds is 5. The summed E-state index contributed by atoms with van der Waals surface area (Å²) in [4.78, 5) is 0. The van der Waals surface area contributed by atoms with Gasteiger partial charge in [0.25, 0.3) is 0 Å². The first kappa shape index (κ1) is 14.0. The Bertz CT molecular complexity index is 560. The molecule has 0 aromatic heterocycles. The van der Waals surface area contributed by atoms with Crippen LogP contribution < -0.4 is 5.32 Å². The van der Waals surface area contributed by atoms with Gasteiger partial charge >= 0.3 is 0 Å². The maximum atomic E-state index is 13.8. The van der Waals surface area contributed by atoms with Crippen LogP contribution in [0.2, 0.25) is 0 Å². The van der Waals surface area contributed by atoms with Crippen molar-refractivity contribution in [3.05, 3.63) is 47.8 Å². The molecular weight excluding hydrogens is 237 g/mol. The van der Waals surface area contributed by atoms with Crippen molar-refractivity contribution in [2.75, 3.05) is 13.1 Å². The molecule has 2 aromatic carbocycles. The van der Waals surface area contributed by atoms with Gasteiger partial charge in [0.15, 0.2) is 0 Å². The second-order valence-corrected chi connectivity index (χ2v) is 5.63. The van der Waals surface area contributed by atoms with Crippen molar-refractivity contribution in [1.82, 2.24) is 5.32 Å². The molecule has 0 saturated carbocycles. The van der Waals surface area contributed by atoms with Crippen LogP contribution >= 0.6 is 0 Å². The topological polar surface area (TPSA) is 12.0 Å². The van der Waals surface area contributed by atoms with Crippen molar-refractivity contribution in [3.63, 3.8) is 0 Å². The number of fused-ring (bicyclic) bond motifs is 1. The van der Waals surface area contributed by atoms with E-state index in [0.717, 1.165) is 30.3 Å². The molecule has 0 aliphatic rings. The van der Waals surface area contributed by atoms with E-state index in [4.69, 9.17) is 0 Å². The molecule has 0 bridgehead atoms. The second-order valence-electron chi connectivity index (χ2n) is 5.63. The van der Waals surface area contributed by atoms with Gasteiger partial charge in [-0.2, -0.15) is 0 Å². The van der Waals surface area contributed by atoms with Gasteiger partial charge in [0.2, 0.25) is 0 Å². The van der Waals surface area contributed by atoms with Crippen molar-refractivity contribution in [2.45, 2.75) is 32.6 Å². The van der Waals surface area contributed by atoms with Gasteiger partial charge in [0.05, 0.1) is 0 Å². The van der Waals surface area contributed by atoms with Crippen molar-refractivity contribution < 1.29 is 4.39 Å². The van der Waals surface area contributed by atoms with Crippen LogP contribution in [0, 0.1) is 5.82 Å².